The summed E-state index contributed by atoms with van der Waals surface area (Å²) in [6, 6.07) is 6.31. The minimum Gasteiger partial charge on any atom is -0.378 e. The fraction of sp³-hybridized carbons (Fsp3) is 0.0909. The summed E-state index contributed by atoms with van der Waals surface area (Å²) in [5, 5.41) is 3.09. The highest BCUT2D eigenvalue weighted by Gasteiger charge is 2.01. The molecule has 16 heavy (non-hydrogen) atoms. The minimum atomic E-state index is -0.270. The molecule has 1 N–H and O–H groups in total. The highest BCUT2D eigenvalue weighted by Crippen LogP contribution is 2.23. The van der Waals surface area contributed by atoms with E-state index in [-0.39, 0.29) is 5.82 Å². The monoisotopic (exact) mass is 281 g/mol. The van der Waals surface area contributed by atoms with Crippen molar-refractivity contribution >= 4 is 21.6 Å². The average Bonchev–Trinajstić information content (AvgIpc) is 2.32. The average molecular weight is 282 g/mol. The Balaban J connectivity index is 2.08. The van der Waals surface area contributed by atoms with Crippen LogP contribution < -0.4 is 5.32 Å². The molecule has 0 aliphatic rings. The van der Waals surface area contributed by atoms with Crippen LogP contribution in [0.5, 0.6) is 0 Å². The van der Waals surface area contributed by atoms with E-state index in [0.29, 0.717) is 12.2 Å². The molecule has 0 saturated carbocycles. The van der Waals surface area contributed by atoms with Crippen LogP contribution in [0, 0.1) is 5.82 Å². The van der Waals surface area contributed by atoms with E-state index in [1.807, 2.05) is 0 Å². The molecule has 5 heteroatoms. The number of nitrogens with one attached hydrogen (secondary N) is 1. The molecule has 0 bridgehead atoms. The lowest BCUT2D eigenvalue weighted by atomic mass is 10.3. The molecule has 0 aliphatic heterocycles. The fourth-order valence-electron chi connectivity index (χ4n) is 1.24. The maximum absolute atomic E-state index is 13.0. The Morgan fingerprint density at radius 3 is 2.94 bits per heavy atom. The highest BCUT2D eigenvalue weighted by atomic mass is 79.9. The number of hydrogen-bond donors (Lipinski definition) is 1. The first kappa shape index (κ1) is 11.0. The first-order chi connectivity index (χ1) is 7.75. The number of benzene rings is 1. The molecule has 0 unspecified atom stereocenters. The number of anilines is 1. The highest BCUT2D eigenvalue weighted by molar-refractivity contribution is 9.10. The Morgan fingerprint density at radius 2 is 2.19 bits per heavy atom. The molecule has 1 aromatic carbocycles. The van der Waals surface area contributed by atoms with E-state index in [9.17, 15) is 4.39 Å². The molecule has 0 amide bonds. The standard InChI is InChI=1S/C11H9BrFN3/c12-10-2-1-8(13)5-11(10)15-6-9-3-4-14-7-16-9/h1-5,7,15H,6H2. The number of hydrogen-bond acceptors (Lipinski definition) is 3. The topological polar surface area (TPSA) is 37.8 Å². The Hall–Kier alpha value is -1.49. The summed E-state index contributed by atoms with van der Waals surface area (Å²) in [5.74, 6) is -0.270. The SMILES string of the molecule is Fc1ccc(Br)c(NCc2ccncn2)c1. The quantitative estimate of drug-likeness (QED) is 0.940. The molecule has 1 heterocycles. The normalized spacial score (nSPS) is 10.1. The zero-order valence-electron chi connectivity index (χ0n) is 8.32. The third kappa shape index (κ3) is 2.76. The Kier molecular flexibility index (Phi) is 3.46. The summed E-state index contributed by atoms with van der Waals surface area (Å²) in [4.78, 5) is 7.89. The smallest absolute Gasteiger partial charge is 0.125 e. The summed E-state index contributed by atoms with van der Waals surface area (Å²) in [6.07, 6.45) is 3.16. The second kappa shape index (κ2) is 5.03. The van der Waals surface area contributed by atoms with Gasteiger partial charge in [-0.1, -0.05) is 0 Å². The molecule has 3 nitrogen and oxygen atoms in total. The maximum atomic E-state index is 13.0. The van der Waals surface area contributed by atoms with E-state index in [0.717, 1.165) is 10.2 Å². The van der Waals surface area contributed by atoms with E-state index in [1.165, 1.54) is 18.5 Å². The van der Waals surface area contributed by atoms with Crippen LogP contribution in [-0.2, 0) is 6.54 Å². The van der Waals surface area contributed by atoms with Gasteiger partial charge in [0.25, 0.3) is 0 Å². The third-order valence-electron chi connectivity index (χ3n) is 2.03. The van der Waals surface area contributed by atoms with E-state index in [4.69, 9.17) is 0 Å². The molecule has 2 aromatic rings. The lowest BCUT2D eigenvalue weighted by Gasteiger charge is -2.07. The molecule has 82 valence electrons. The summed E-state index contributed by atoms with van der Waals surface area (Å²) < 4.78 is 13.8. The lowest BCUT2D eigenvalue weighted by Crippen LogP contribution is -2.02. The number of rotatable bonds is 3. The van der Waals surface area contributed by atoms with Gasteiger partial charge >= 0.3 is 0 Å². The third-order valence-corrected chi connectivity index (χ3v) is 2.72. The van der Waals surface area contributed by atoms with Crippen LogP contribution in [0.15, 0.2) is 41.3 Å². The molecule has 2 rings (SSSR count). The molecule has 0 saturated heterocycles. The van der Waals surface area contributed by atoms with Gasteiger partial charge in [0.1, 0.15) is 12.1 Å². The summed E-state index contributed by atoms with van der Waals surface area (Å²) in [6.45, 7) is 0.532. The molecule has 1 aromatic heterocycles. The van der Waals surface area contributed by atoms with Crippen molar-refractivity contribution in [3.8, 4) is 0 Å². The molecular formula is C11H9BrFN3. The first-order valence-electron chi connectivity index (χ1n) is 4.69. The van der Waals surface area contributed by atoms with Crippen molar-refractivity contribution in [3.05, 3.63) is 52.8 Å². The number of halogens is 2. The van der Waals surface area contributed by atoms with Crippen LogP contribution in [0.3, 0.4) is 0 Å². The van der Waals surface area contributed by atoms with Crippen molar-refractivity contribution in [2.45, 2.75) is 6.54 Å². The van der Waals surface area contributed by atoms with E-state index < -0.39 is 0 Å². The zero-order valence-corrected chi connectivity index (χ0v) is 9.91. The molecular weight excluding hydrogens is 273 g/mol. The van der Waals surface area contributed by atoms with Crippen molar-refractivity contribution < 1.29 is 4.39 Å². The Bertz CT molecular complexity index is 476. The van der Waals surface area contributed by atoms with Gasteiger partial charge in [-0.15, -0.1) is 0 Å². The fourth-order valence-corrected chi connectivity index (χ4v) is 1.63. The molecule has 0 spiro atoms. The van der Waals surface area contributed by atoms with Crippen molar-refractivity contribution in [3.63, 3.8) is 0 Å². The van der Waals surface area contributed by atoms with Crippen molar-refractivity contribution in [1.82, 2.24) is 9.97 Å². The van der Waals surface area contributed by atoms with E-state index >= 15 is 0 Å². The predicted octanol–water partition coefficient (Wildman–Crippen LogP) is 2.99. The van der Waals surface area contributed by atoms with Gasteiger partial charge in [-0.25, -0.2) is 14.4 Å². The second-order valence-corrected chi connectivity index (χ2v) is 4.03. The number of aromatic nitrogens is 2. The van der Waals surface area contributed by atoms with Gasteiger partial charge in [0.2, 0.25) is 0 Å². The van der Waals surface area contributed by atoms with Gasteiger partial charge < -0.3 is 5.32 Å². The predicted molar refractivity (Wildman–Crippen MR) is 63.5 cm³/mol. The van der Waals surface area contributed by atoms with Crippen molar-refractivity contribution in [2.75, 3.05) is 5.32 Å². The summed E-state index contributed by atoms with van der Waals surface area (Å²) in [5.41, 5.74) is 1.56. The zero-order chi connectivity index (χ0) is 11.4. The van der Waals surface area contributed by atoms with Crippen LogP contribution in [0.25, 0.3) is 0 Å². The largest absolute Gasteiger partial charge is 0.378 e. The second-order valence-electron chi connectivity index (χ2n) is 3.18. The number of nitrogens with zero attached hydrogens (tertiary/aromatic N) is 2. The minimum absolute atomic E-state index is 0.270. The van der Waals surface area contributed by atoms with Gasteiger partial charge in [-0.05, 0) is 40.2 Å². The van der Waals surface area contributed by atoms with Crippen LogP contribution >= 0.6 is 15.9 Å². The van der Waals surface area contributed by atoms with Gasteiger partial charge in [0.05, 0.1) is 17.9 Å². The van der Waals surface area contributed by atoms with E-state index in [2.05, 4.69) is 31.2 Å². The summed E-state index contributed by atoms with van der Waals surface area (Å²) in [7, 11) is 0. The van der Waals surface area contributed by atoms with Crippen molar-refractivity contribution in [1.29, 1.82) is 0 Å². The van der Waals surface area contributed by atoms with Gasteiger partial charge in [-0.3, -0.25) is 0 Å². The molecule has 0 aliphatic carbocycles. The lowest BCUT2D eigenvalue weighted by molar-refractivity contribution is 0.628. The first-order valence-corrected chi connectivity index (χ1v) is 5.49. The molecule has 0 fully saturated rings. The molecule has 0 atom stereocenters. The van der Waals surface area contributed by atoms with Crippen LogP contribution in [-0.4, -0.2) is 9.97 Å². The van der Waals surface area contributed by atoms with E-state index in [1.54, 1.807) is 18.3 Å². The summed E-state index contributed by atoms with van der Waals surface area (Å²) >= 11 is 3.34. The van der Waals surface area contributed by atoms with Crippen LogP contribution in [0.4, 0.5) is 10.1 Å². The van der Waals surface area contributed by atoms with Crippen LogP contribution in [0.1, 0.15) is 5.69 Å². The maximum Gasteiger partial charge on any atom is 0.125 e. The van der Waals surface area contributed by atoms with Gasteiger partial charge in [0, 0.05) is 10.7 Å². The van der Waals surface area contributed by atoms with Gasteiger partial charge in [0.15, 0.2) is 0 Å². The Labute approximate surface area is 101 Å². The molecule has 0 radical (unpaired) electrons. The Morgan fingerprint density at radius 1 is 1.31 bits per heavy atom. The van der Waals surface area contributed by atoms with Crippen LogP contribution in [0.2, 0.25) is 0 Å². The van der Waals surface area contributed by atoms with Gasteiger partial charge in [-0.2, -0.15) is 0 Å². The van der Waals surface area contributed by atoms with Crippen molar-refractivity contribution in [2.24, 2.45) is 0 Å².